The zero-order valence-electron chi connectivity index (χ0n) is 11.6. The van der Waals surface area contributed by atoms with Crippen LogP contribution in [0.15, 0.2) is 10.6 Å². The summed E-state index contributed by atoms with van der Waals surface area (Å²) >= 11 is 0. The Bertz CT molecular complexity index is 387. The van der Waals surface area contributed by atoms with Crippen molar-refractivity contribution in [1.82, 2.24) is 10.3 Å². The lowest BCUT2D eigenvalue weighted by molar-refractivity contribution is 0.398. The van der Waals surface area contributed by atoms with Crippen molar-refractivity contribution < 1.29 is 4.42 Å². The van der Waals surface area contributed by atoms with Crippen LogP contribution in [-0.4, -0.2) is 17.1 Å². The highest BCUT2D eigenvalue weighted by molar-refractivity contribution is 5.17. The van der Waals surface area contributed by atoms with Gasteiger partial charge in [-0.3, -0.25) is 0 Å². The molecule has 1 N–H and O–H groups in total. The molecule has 1 saturated carbocycles. The first-order valence-electron chi connectivity index (χ1n) is 6.47. The second-order valence-electron chi connectivity index (χ2n) is 6.83. The van der Waals surface area contributed by atoms with Gasteiger partial charge < -0.3 is 9.73 Å². The molecule has 1 aromatic heterocycles. The van der Waals surface area contributed by atoms with E-state index in [2.05, 4.69) is 44.9 Å². The minimum atomic E-state index is 0.161. The molecule has 0 bridgehead atoms. The first-order chi connectivity index (χ1) is 7.78. The standard InChI is InChI=1S/C14H24N2O/c1-13(2,3)16-7-6-12-15-9-11(17-12)10-8-14(10,4)5/h9-10,16H,6-8H2,1-5H3. The zero-order valence-corrected chi connectivity index (χ0v) is 11.6. The molecule has 1 aliphatic rings. The average molecular weight is 236 g/mol. The van der Waals surface area contributed by atoms with E-state index in [4.69, 9.17) is 4.42 Å². The fourth-order valence-electron chi connectivity index (χ4n) is 2.10. The second kappa shape index (κ2) is 4.13. The van der Waals surface area contributed by atoms with Crippen LogP contribution in [0, 0.1) is 5.41 Å². The van der Waals surface area contributed by atoms with E-state index >= 15 is 0 Å². The maximum atomic E-state index is 5.81. The van der Waals surface area contributed by atoms with E-state index in [0.717, 1.165) is 24.6 Å². The molecule has 0 saturated heterocycles. The molecule has 0 radical (unpaired) electrons. The third-order valence-corrected chi connectivity index (χ3v) is 3.42. The van der Waals surface area contributed by atoms with E-state index in [-0.39, 0.29) is 5.54 Å². The number of oxazole rings is 1. The normalized spacial score (nSPS) is 22.8. The molecule has 1 atom stereocenters. The van der Waals surface area contributed by atoms with Crippen LogP contribution in [-0.2, 0) is 6.42 Å². The number of aromatic nitrogens is 1. The lowest BCUT2D eigenvalue weighted by Gasteiger charge is -2.19. The zero-order chi connectivity index (χ0) is 12.7. The Kier molecular flexibility index (Phi) is 3.06. The van der Waals surface area contributed by atoms with Gasteiger partial charge in [0.25, 0.3) is 0 Å². The maximum Gasteiger partial charge on any atom is 0.195 e. The molecule has 1 aliphatic carbocycles. The van der Waals surface area contributed by atoms with Crippen LogP contribution < -0.4 is 5.32 Å². The number of hydrogen-bond donors (Lipinski definition) is 1. The fourth-order valence-corrected chi connectivity index (χ4v) is 2.10. The Morgan fingerprint density at radius 3 is 2.65 bits per heavy atom. The molecule has 1 fully saturated rings. The van der Waals surface area contributed by atoms with Gasteiger partial charge >= 0.3 is 0 Å². The summed E-state index contributed by atoms with van der Waals surface area (Å²) in [6.07, 6.45) is 4.00. The van der Waals surface area contributed by atoms with Gasteiger partial charge in [0.15, 0.2) is 5.89 Å². The highest BCUT2D eigenvalue weighted by Crippen LogP contribution is 2.58. The van der Waals surface area contributed by atoms with Gasteiger partial charge in [0.05, 0.1) is 6.20 Å². The molecule has 0 amide bonds. The Morgan fingerprint density at radius 1 is 1.47 bits per heavy atom. The summed E-state index contributed by atoms with van der Waals surface area (Å²) < 4.78 is 5.81. The van der Waals surface area contributed by atoms with Crippen molar-refractivity contribution in [2.45, 2.75) is 58.9 Å². The molecular weight excluding hydrogens is 212 g/mol. The van der Waals surface area contributed by atoms with Crippen molar-refractivity contribution in [2.24, 2.45) is 5.41 Å². The van der Waals surface area contributed by atoms with Crippen molar-refractivity contribution in [1.29, 1.82) is 0 Å². The molecule has 17 heavy (non-hydrogen) atoms. The van der Waals surface area contributed by atoms with E-state index in [9.17, 15) is 0 Å². The van der Waals surface area contributed by atoms with Crippen LogP contribution in [0.4, 0.5) is 0 Å². The quantitative estimate of drug-likeness (QED) is 0.873. The molecule has 1 unspecified atom stereocenters. The summed E-state index contributed by atoms with van der Waals surface area (Å²) in [4.78, 5) is 4.36. The van der Waals surface area contributed by atoms with Crippen molar-refractivity contribution in [3.8, 4) is 0 Å². The lowest BCUT2D eigenvalue weighted by atomic mass is 10.1. The number of hydrogen-bond acceptors (Lipinski definition) is 3. The molecule has 3 nitrogen and oxygen atoms in total. The Hall–Kier alpha value is -0.830. The summed E-state index contributed by atoms with van der Waals surface area (Å²) in [7, 11) is 0. The van der Waals surface area contributed by atoms with Gasteiger partial charge in [-0.25, -0.2) is 4.98 Å². The summed E-state index contributed by atoms with van der Waals surface area (Å²) in [5, 5.41) is 3.44. The Labute approximate surface area is 104 Å². The van der Waals surface area contributed by atoms with E-state index in [1.54, 1.807) is 0 Å². The van der Waals surface area contributed by atoms with Gasteiger partial charge in [0, 0.05) is 24.4 Å². The van der Waals surface area contributed by atoms with E-state index in [0.29, 0.717) is 11.3 Å². The molecular formula is C14H24N2O. The number of nitrogens with one attached hydrogen (secondary N) is 1. The SMILES string of the molecule is CC(C)(C)NCCc1ncc(C2CC2(C)C)o1. The van der Waals surface area contributed by atoms with Crippen LogP contribution >= 0.6 is 0 Å². The van der Waals surface area contributed by atoms with Crippen LogP contribution in [0.25, 0.3) is 0 Å². The molecule has 0 aliphatic heterocycles. The van der Waals surface area contributed by atoms with Gasteiger partial charge in [0.1, 0.15) is 5.76 Å². The van der Waals surface area contributed by atoms with Crippen molar-refractivity contribution in [2.75, 3.05) is 6.54 Å². The topological polar surface area (TPSA) is 38.1 Å². The summed E-state index contributed by atoms with van der Waals surface area (Å²) in [6, 6.07) is 0. The fraction of sp³-hybridized carbons (Fsp3) is 0.786. The largest absolute Gasteiger partial charge is 0.445 e. The first kappa shape index (κ1) is 12.6. The average Bonchev–Trinajstić information content (AvgIpc) is 2.60. The van der Waals surface area contributed by atoms with E-state index < -0.39 is 0 Å². The van der Waals surface area contributed by atoms with Crippen LogP contribution in [0.3, 0.4) is 0 Å². The monoisotopic (exact) mass is 236 g/mol. The third kappa shape index (κ3) is 3.32. The van der Waals surface area contributed by atoms with Crippen molar-refractivity contribution in [3.05, 3.63) is 17.8 Å². The van der Waals surface area contributed by atoms with Crippen LogP contribution in [0.5, 0.6) is 0 Å². The minimum Gasteiger partial charge on any atom is -0.445 e. The highest BCUT2D eigenvalue weighted by atomic mass is 16.4. The predicted molar refractivity (Wildman–Crippen MR) is 69.1 cm³/mol. The van der Waals surface area contributed by atoms with Gasteiger partial charge in [-0.2, -0.15) is 0 Å². The number of rotatable bonds is 4. The molecule has 1 aromatic rings. The summed E-state index contributed by atoms with van der Waals surface area (Å²) in [5.74, 6) is 2.51. The maximum absolute atomic E-state index is 5.81. The van der Waals surface area contributed by atoms with Gasteiger partial charge in [0.2, 0.25) is 0 Å². The van der Waals surface area contributed by atoms with E-state index in [1.807, 2.05) is 6.20 Å². The third-order valence-electron chi connectivity index (χ3n) is 3.42. The minimum absolute atomic E-state index is 0.161. The second-order valence-corrected chi connectivity index (χ2v) is 6.83. The summed E-state index contributed by atoms with van der Waals surface area (Å²) in [6.45, 7) is 12.0. The van der Waals surface area contributed by atoms with E-state index in [1.165, 1.54) is 6.42 Å². The van der Waals surface area contributed by atoms with Crippen molar-refractivity contribution >= 4 is 0 Å². The van der Waals surface area contributed by atoms with Crippen LogP contribution in [0.2, 0.25) is 0 Å². The number of nitrogens with zero attached hydrogens (tertiary/aromatic N) is 1. The molecule has 96 valence electrons. The van der Waals surface area contributed by atoms with Gasteiger partial charge in [-0.05, 0) is 32.6 Å². The molecule has 0 spiro atoms. The Balaban J connectivity index is 1.83. The predicted octanol–water partition coefficient (Wildman–Crippen LogP) is 3.12. The smallest absolute Gasteiger partial charge is 0.195 e. The van der Waals surface area contributed by atoms with Crippen LogP contribution in [0.1, 0.15) is 58.6 Å². The van der Waals surface area contributed by atoms with Gasteiger partial charge in [-0.15, -0.1) is 0 Å². The molecule has 1 heterocycles. The molecule has 0 aromatic carbocycles. The molecule has 2 rings (SSSR count). The summed E-state index contributed by atoms with van der Waals surface area (Å²) in [5.41, 5.74) is 0.578. The van der Waals surface area contributed by atoms with Gasteiger partial charge in [-0.1, -0.05) is 13.8 Å². The first-order valence-corrected chi connectivity index (χ1v) is 6.47. The highest BCUT2D eigenvalue weighted by Gasteiger charge is 2.48. The molecule has 3 heteroatoms. The lowest BCUT2D eigenvalue weighted by Crippen LogP contribution is -2.37. The van der Waals surface area contributed by atoms with Crippen molar-refractivity contribution in [3.63, 3.8) is 0 Å². The Morgan fingerprint density at radius 2 is 2.12 bits per heavy atom.